The lowest BCUT2D eigenvalue weighted by Gasteiger charge is -2.27. The van der Waals surface area contributed by atoms with Crippen molar-refractivity contribution < 1.29 is 14.3 Å². The molecule has 1 atom stereocenters. The maximum Gasteiger partial charge on any atom is 0.326 e. The number of para-hydroxylation sites is 1. The van der Waals surface area contributed by atoms with E-state index in [2.05, 4.69) is 4.90 Å². The first-order chi connectivity index (χ1) is 13.5. The van der Waals surface area contributed by atoms with Crippen LogP contribution in [0.2, 0.25) is 0 Å². The van der Waals surface area contributed by atoms with Gasteiger partial charge in [0.1, 0.15) is 0 Å². The molecule has 28 heavy (non-hydrogen) atoms. The molecule has 0 unspecified atom stereocenters. The largest absolute Gasteiger partial charge is 0.465 e. The second-order valence-electron chi connectivity index (χ2n) is 7.42. The molecular formula is C23H28N2O3. The van der Waals surface area contributed by atoms with Crippen molar-refractivity contribution in [2.75, 3.05) is 38.7 Å². The van der Waals surface area contributed by atoms with E-state index < -0.39 is 11.4 Å². The maximum atomic E-state index is 13.7. The van der Waals surface area contributed by atoms with Crippen LogP contribution in [0.4, 0.5) is 5.69 Å². The zero-order valence-electron chi connectivity index (χ0n) is 16.9. The maximum absolute atomic E-state index is 13.7. The van der Waals surface area contributed by atoms with Gasteiger partial charge in [-0.05, 0) is 45.6 Å². The standard InChI is InChI=1S/C23H28N2O3/c1-4-28-22(27)23(17-18-11-6-5-7-12-18)19-13-8-9-14-20(19)25(21(23)26)16-10-15-24(2)3/h5-9,11-14H,4,10,15-17H2,1-3H3/t23-/m0/s1. The smallest absolute Gasteiger partial charge is 0.326 e. The lowest BCUT2D eigenvalue weighted by Crippen LogP contribution is -2.49. The normalized spacial score (nSPS) is 18.4. The van der Waals surface area contributed by atoms with E-state index in [-0.39, 0.29) is 12.5 Å². The van der Waals surface area contributed by atoms with Crippen molar-refractivity contribution >= 4 is 17.6 Å². The number of ether oxygens (including phenoxy) is 1. The monoisotopic (exact) mass is 380 g/mol. The van der Waals surface area contributed by atoms with Crippen LogP contribution in [0, 0.1) is 0 Å². The van der Waals surface area contributed by atoms with Crippen molar-refractivity contribution in [3.63, 3.8) is 0 Å². The Morgan fingerprint density at radius 2 is 1.75 bits per heavy atom. The van der Waals surface area contributed by atoms with Crippen molar-refractivity contribution in [2.24, 2.45) is 0 Å². The molecule has 1 aliphatic rings. The van der Waals surface area contributed by atoms with Crippen LogP contribution in [-0.4, -0.2) is 50.6 Å². The third kappa shape index (κ3) is 3.67. The van der Waals surface area contributed by atoms with Crippen LogP contribution in [0.5, 0.6) is 0 Å². The summed E-state index contributed by atoms with van der Waals surface area (Å²) in [6.07, 6.45) is 1.13. The van der Waals surface area contributed by atoms with Crippen LogP contribution in [0.25, 0.3) is 0 Å². The van der Waals surface area contributed by atoms with E-state index in [9.17, 15) is 9.59 Å². The highest BCUT2D eigenvalue weighted by Crippen LogP contribution is 2.45. The van der Waals surface area contributed by atoms with Gasteiger partial charge in [-0.3, -0.25) is 9.59 Å². The summed E-state index contributed by atoms with van der Waals surface area (Å²) in [6, 6.07) is 17.3. The van der Waals surface area contributed by atoms with E-state index >= 15 is 0 Å². The average Bonchev–Trinajstić information content (AvgIpc) is 2.92. The van der Waals surface area contributed by atoms with Gasteiger partial charge in [0.2, 0.25) is 5.91 Å². The summed E-state index contributed by atoms with van der Waals surface area (Å²) in [7, 11) is 4.02. The van der Waals surface area contributed by atoms with Gasteiger partial charge in [0.15, 0.2) is 5.41 Å². The summed E-state index contributed by atoms with van der Waals surface area (Å²) in [5.41, 5.74) is 1.17. The van der Waals surface area contributed by atoms with E-state index in [1.54, 1.807) is 11.8 Å². The molecule has 0 saturated heterocycles. The minimum atomic E-state index is -1.33. The number of carbonyl (C=O) groups excluding carboxylic acids is 2. The highest BCUT2D eigenvalue weighted by molar-refractivity contribution is 6.20. The second-order valence-corrected chi connectivity index (χ2v) is 7.42. The molecule has 0 aromatic heterocycles. The lowest BCUT2D eigenvalue weighted by molar-refractivity contribution is -0.153. The Bertz CT molecular complexity index is 835. The van der Waals surface area contributed by atoms with Gasteiger partial charge >= 0.3 is 5.97 Å². The molecule has 5 nitrogen and oxygen atoms in total. The molecule has 148 valence electrons. The molecule has 1 aliphatic heterocycles. The van der Waals surface area contributed by atoms with Crippen molar-refractivity contribution in [2.45, 2.75) is 25.2 Å². The van der Waals surface area contributed by atoms with Gasteiger partial charge in [-0.1, -0.05) is 48.5 Å². The Labute approximate surface area is 166 Å². The van der Waals surface area contributed by atoms with Crippen molar-refractivity contribution in [1.82, 2.24) is 4.90 Å². The molecule has 0 saturated carbocycles. The Morgan fingerprint density at radius 1 is 1.07 bits per heavy atom. The second kappa shape index (κ2) is 8.57. The minimum Gasteiger partial charge on any atom is -0.465 e. The topological polar surface area (TPSA) is 49.9 Å². The van der Waals surface area contributed by atoms with Gasteiger partial charge in [0, 0.05) is 24.2 Å². The van der Waals surface area contributed by atoms with Gasteiger partial charge in [-0.25, -0.2) is 0 Å². The minimum absolute atomic E-state index is 0.185. The summed E-state index contributed by atoms with van der Waals surface area (Å²) in [5, 5.41) is 0. The molecule has 0 spiro atoms. The summed E-state index contributed by atoms with van der Waals surface area (Å²) in [6.45, 7) is 3.46. The first-order valence-corrected chi connectivity index (χ1v) is 9.78. The Kier molecular flexibility index (Phi) is 6.15. The first-order valence-electron chi connectivity index (χ1n) is 9.78. The SMILES string of the molecule is CCOC(=O)[C@]1(Cc2ccccc2)C(=O)N(CCCN(C)C)c2ccccc21. The van der Waals surface area contributed by atoms with Crippen LogP contribution < -0.4 is 4.90 Å². The summed E-state index contributed by atoms with van der Waals surface area (Å²) >= 11 is 0. The van der Waals surface area contributed by atoms with Crippen LogP contribution >= 0.6 is 0 Å². The predicted octanol–water partition coefficient (Wildman–Crippen LogP) is 3.03. The number of carbonyl (C=O) groups is 2. The molecule has 2 aromatic rings. The van der Waals surface area contributed by atoms with E-state index in [0.717, 1.165) is 29.8 Å². The first kappa shape index (κ1) is 20.1. The number of rotatable bonds is 8. The van der Waals surface area contributed by atoms with Crippen molar-refractivity contribution in [3.05, 3.63) is 65.7 Å². The van der Waals surface area contributed by atoms with Gasteiger partial charge in [-0.2, -0.15) is 0 Å². The molecule has 1 heterocycles. The molecule has 0 fully saturated rings. The summed E-state index contributed by atoms with van der Waals surface area (Å²) in [4.78, 5) is 30.7. The molecule has 0 aliphatic carbocycles. The molecule has 0 bridgehead atoms. The number of amides is 1. The van der Waals surface area contributed by atoms with Gasteiger partial charge in [0.05, 0.1) is 6.61 Å². The van der Waals surface area contributed by atoms with E-state index in [1.807, 2.05) is 68.7 Å². The molecule has 0 N–H and O–H groups in total. The van der Waals surface area contributed by atoms with Crippen LogP contribution in [-0.2, 0) is 26.2 Å². The third-order valence-corrected chi connectivity index (χ3v) is 5.19. The quantitative estimate of drug-likeness (QED) is 0.522. The van der Waals surface area contributed by atoms with Crippen LogP contribution in [0.3, 0.4) is 0 Å². The molecule has 0 radical (unpaired) electrons. The van der Waals surface area contributed by atoms with Crippen LogP contribution in [0.1, 0.15) is 24.5 Å². The fourth-order valence-electron chi connectivity index (χ4n) is 3.89. The average molecular weight is 380 g/mol. The zero-order valence-corrected chi connectivity index (χ0v) is 16.9. The Morgan fingerprint density at radius 3 is 2.43 bits per heavy atom. The number of nitrogens with zero attached hydrogens (tertiary/aromatic N) is 2. The summed E-state index contributed by atoms with van der Waals surface area (Å²) < 4.78 is 5.43. The molecular weight excluding hydrogens is 352 g/mol. The Hall–Kier alpha value is -2.66. The predicted molar refractivity (Wildman–Crippen MR) is 110 cm³/mol. The van der Waals surface area contributed by atoms with Crippen molar-refractivity contribution in [3.8, 4) is 0 Å². The van der Waals surface area contributed by atoms with Gasteiger partial charge < -0.3 is 14.5 Å². The van der Waals surface area contributed by atoms with Gasteiger partial charge in [-0.15, -0.1) is 0 Å². The van der Waals surface area contributed by atoms with E-state index in [0.29, 0.717) is 13.0 Å². The molecule has 3 rings (SSSR count). The number of hydrogen-bond donors (Lipinski definition) is 0. The third-order valence-electron chi connectivity index (χ3n) is 5.19. The molecule has 5 heteroatoms. The molecule has 1 amide bonds. The van der Waals surface area contributed by atoms with Crippen molar-refractivity contribution in [1.29, 1.82) is 0 Å². The summed E-state index contributed by atoms with van der Waals surface area (Å²) in [5.74, 6) is -0.652. The number of fused-ring (bicyclic) bond motifs is 1. The Balaban J connectivity index is 2.05. The molecule has 2 aromatic carbocycles. The highest BCUT2D eigenvalue weighted by Gasteiger charge is 2.57. The van der Waals surface area contributed by atoms with E-state index in [1.165, 1.54) is 0 Å². The fraction of sp³-hybridized carbons (Fsp3) is 0.391. The zero-order chi connectivity index (χ0) is 20.1. The fourth-order valence-corrected chi connectivity index (χ4v) is 3.89. The number of esters is 1. The number of benzene rings is 2. The van der Waals surface area contributed by atoms with Gasteiger partial charge in [0.25, 0.3) is 0 Å². The highest BCUT2D eigenvalue weighted by atomic mass is 16.5. The van der Waals surface area contributed by atoms with Crippen LogP contribution in [0.15, 0.2) is 54.6 Å². The number of hydrogen-bond acceptors (Lipinski definition) is 4. The number of anilines is 1. The van der Waals surface area contributed by atoms with E-state index in [4.69, 9.17) is 4.74 Å². The lowest BCUT2D eigenvalue weighted by atomic mass is 9.76.